The Bertz CT molecular complexity index is 861. The highest BCUT2D eigenvalue weighted by atomic mass is 35.5. The number of rotatable bonds is 3. The van der Waals surface area contributed by atoms with Crippen molar-refractivity contribution in [2.24, 2.45) is 0 Å². The number of methoxy groups -OCH3 is 1. The number of amides is 1. The van der Waals surface area contributed by atoms with Crippen LogP contribution in [-0.4, -0.2) is 13.0 Å². The molecule has 1 aliphatic rings. The Hall–Kier alpha value is -2.79. The first-order valence-corrected chi connectivity index (χ1v) is 7.44. The second-order valence-corrected chi connectivity index (χ2v) is 5.45. The predicted octanol–water partition coefficient (Wildman–Crippen LogP) is 4.42. The van der Waals surface area contributed by atoms with Crippen molar-refractivity contribution in [1.29, 1.82) is 0 Å². The van der Waals surface area contributed by atoms with Gasteiger partial charge >= 0.3 is 0 Å². The number of carbonyl (C=O) groups excluding carboxylic acids is 1. The molecule has 0 aliphatic carbocycles. The summed E-state index contributed by atoms with van der Waals surface area (Å²) in [5.74, 6) is 0.104. The summed E-state index contributed by atoms with van der Waals surface area (Å²) < 4.78 is 24.0. The van der Waals surface area contributed by atoms with Gasteiger partial charge in [0.25, 0.3) is 5.91 Å². The zero-order valence-corrected chi connectivity index (χ0v) is 13.4. The highest BCUT2D eigenvalue weighted by Gasteiger charge is 2.16. The Morgan fingerprint density at radius 2 is 2.12 bits per heavy atom. The van der Waals surface area contributed by atoms with E-state index < -0.39 is 11.7 Å². The van der Waals surface area contributed by atoms with Gasteiger partial charge in [0.15, 0.2) is 11.5 Å². The number of fused-ring (bicyclic) bond motifs is 1. The van der Waals surface area contributed by atoms with Crippen LogP contribution in [0.25, 0.3) is 6.08 Å². The van der Waals surface area contributed by atoms with Crippen molar-refractivity contribution >= 4 is 29.3 Å². The summed E-state index contributed by atoms with van der Waals surface area (Å²) in [7, 11) is 1.51. The van der Waals surface area contributed by atoms with E-state index in [-0.39, 0.29) is 0 Å². The van der Waals surface area contributed by atoms with Crippen molar-refractivity contribution in [2.45, 2.75) is 0 Å². The molecule has 4 nitrogen and oxygen atoms in total. The fraction of sp³-hybridized carbons (Fsp3) is 0.0556. The molecule has 0 fully saturated rings. The van der Waals surface area contributed by atoms with Crippen molar-refractivity contribution in [3.8, 4) is 11.5 Å². The molecule has 3 rings (SSSR count). The largest absolute Gasteiger partial charge is 0.493 e. The number of halogens is 2. The van der Waals surface area contributed by atoms with Gasteiger partial charge in [0.1, 0.15) is 5.82 Å². The number of carbonyl (C=O) groups is 1. The van der Waals surface area contributed by atoms with Crippen LogP contribution in [0.2, 0.25) is 5.02 Å². The number of nitrogens with one attached hydrogen (secondary N) is 1. The van der Waals surface area contributed by atoms with Crippen molar-refractivity contribution in [1.82, 2.24) is 0 Å². The zero-order chi connectivity index (χ0) is 17.1. The minimum atomic E-state index is -0.427. The third-order valence-corrected chi connectivity index (χ3v) is 3.58. The van der Waals surface area contributed by atoms with E-state index >= 15 is 0 Å². The number of benzene rings is 2. The molecular formula is C18H13ClFNO3. The molecule has 6 heteroatoms. The summed E-state index contributed by atoms with van der Waals surface area (Å²) in [4.78, 5) is 12.4. The van der Waals surface area contributed by atoms with Gasteiger partial charge in [-0.15, -0.1) is 0 Å². The van der Waals surface area contributed by atoms with Gasteiger partial charge in [-0.25, -0.2) is 4.39 Å². The van der Waals surface area contributed by atoms with Gasteiger partial charge in [-0.05, 0) is 36.4 Å². The van der Waals surface area contributed by atoms with Crippen molar-refractivity contribution in [3.05, 3.63) is 70.7 Å². The van der Waals surface area contributed by atoms with Crippen LogP contribution in [-0.2, 0) is 4.79 Å². The van der Waals surface area contributed by atoms with Crippen LogP contribution in [0.5, 0.6) is 11.5 Å². The van der Waals surface area contributed by atoms with Gasteiger partial charge in [-0.2, -0.15) is 0 Å². The molecule has 1 amide bonds. The molecule has 0 spiro atoms. The average Bonchev–Trinajstić information content (AvgIpc) is 2.76. The summed E-state index contributed by atoms with van der Waals surface area (Å²) >= 11 is 6.06. The van der Waals surface area contributed by atoms with Crippen LogP contribution in [0.3, 0.4) is 0 Å². The molecule has 0 radical (unpaired) electrons. The normalized spacial score (nSPS) is 12.5. The summed E-state index contributed by atoms with van der Waals surface area (Å²) in [6.07, 6.45) is 4.53. The quantitative estimate of drug-likeness (QED) is 0.896. The Balaban J connectivity index is 1.93. The molecule has 1 N–H and O–H groups in total. The minimum absolute atomic E-state index is 0.335. The summed E-state index contributed by atoms with van der Waals surface area (Å²) in [6.45, 7) is 0. The maximum Gasteiger partial charge on any atom is 0.255 e. The van der Waals surface area contributed by atoms with E-state index in [1.165, 1.54) is 37.6 Å². The lowest BCUT2D eigenvalue weighted by molar-refractivity contribution is -0.112. The van der Waals surface area contributed by atoms with Gasteiger partial charge in [0, 0.05) is 27.9 Å². The second-order valence-electron chi connectivity index (χ2n) is 5.01. The van der Waals surface area contributed by atoms with Crippen molar-refractivity contribution < 1.29 is 18.7 Å². The van der Waals surface area contributed by atoms with E-state index in [4.69, 9.17) is 21.1 Å². The molecule has 122 valence electrons. The van der Waals surface area contributed by atoms with Crippen LogP contribution in [0, 0.1) is 5.82 Å². The number of hydrogen-bond donors (Lipinski definition) is 1. The zero-order valence-electron chi connectivity index (χ0n) is 12.7. The van der Waals surface area contributed by atoms with Gasteiger partial charge < -0.3 is 14.8 Å². The Morgan fingerprint density at radius 3 is 2.88 bits per heavy atom. The van der Waals surface area contributed by atoms with E-state index in [1.54, 1.807) is 24.3 Å². The molecule has 1 aliphatic heterocycles. The van der Waals surface area contributed by atoms with Crippen LogP contribution >= 0.6 is 11.6 Å². The third kappa shape index (κ3) is 3.41. The van der Waals surface area contributed by atoms with Crippen LogP contribution in [0.1, 0.15) is 5.56 Å². The minimum Gasteiger partial charge on any atom is -0.493 e. The Kier molecular flexibility index (Phi) is 4.53. The van der Waals surface area contributed by atoms with E-state index in [0.29, 0.717) is 33.3 Å². The van der Waals surface area contributed by atoms with Gasteiger partial charge in [0.05, 0.1) is 13.4 Å². The second kappa shape index (κ2) is 6.76. The lowest BCUT2D eigenvalue weighted by Crippen LogP contribution is -2.13. The third-order valence-electron chi connectivity index (χ3n) is 3.36. The molecule has 2 aromatic carbocycles. The SMILES string of the molecule is COc1cc(Cl)cc2c1OC=CC(C(=O)Nc1cccc(F)c1)=C2. The molecule has 0 saturated carbocycles. The molecule has 0 unspecified atom stereocenters. The van der Waals surface area contributed by atoms with Crippen LogP contribution in [0.4, 0.5) is 10.1 Å². The monoisotopic (exact) mass is 345 g/mol. The first-order chi connectivity index (χ1) is 11.6. The highest BCUT2D eigenvalue weighted by molar-refractivity contribution is 6.31. The average molecular weight is 346 g/mol. The molecule has 0 saturated heterocycles. The molecule has 2 aromatic rings. The molecular weight excluding hydrogens is 333 g/mol. The fourth-order valence-electron chi connectivity index (χ4n) is 2.28. The fourth-order valence-corrected chi connectivity index (χ4v) is 2.49. The lowest BCUT2D eigenvalue weighted by Gasteiger charge is -2.10. The molecule has 24 heavy (non-hydrogen) atoms. The van der Waals surface area contributed by atoms with Crippen molar-refractivity contribution in [3.63, 3.8) is 0 Å². The van der Waals surface area contributed by atoms with Crippen LogP contribution < -0.4 is 14.8 Å². The number of anilines is 1. The lowest BCUT2D eigenvalue weighted by atomic mass is 10.1. The van der Waals surface area contributed by atoms with Gasteiger partial charge in [-0.3, -0.25) is 4.79 Å². The Morgan fingerprint density at radius 1 is 1.29 bits per heavy atom. The molecule has 0 aromatic heterocycles. The topological polar surface area (TPSA) is 47.6 Å². The maximum atomic E-state index is 13.2. The molecule has 0 bridgehead atoms. The Labute approximate surface area is 143 Å². The van der Waals surface area contributed by atoms with E-state index in [9.17, 15) is 9.18 Å². The summed E-state index contributed by atoms with van der Waals surface area (Å²) in [5, 5.41) is 3.09. The maximum absolute atomic E-state index is 13.2. The number of hydrogen-bond acceptors (Lipinski definition) is 3. The van der Waals surface area contributed by atoms with E-state index in [2.05, 4.69) is 5.32 Å². The van der Waals surface area contributed by atoms with Crippen LogP contribution in [0.15, 0.2) is 54.3 Å². The predicted molar refractivity (Wildman–Crippen MR) is 90.8 cm³/mol. The van der Waals surface area contributed by atoms with Gasteiger partial charge in [-0.1, -0.05) is 17.7 Å². The first-order valence-electron chi connectivity index (χ1n) is 7.06. The first kappa shape index (κ1) is 16.1. The van der Waals surface area contributed by atoms with E-state index in [0.717, 1.165) is 0 Å². The summed E-state index contributed by atoms with van der Waals surface area (Å²) in [6, 6.07) is 8.96. The molecule has 1 heterocycles. The van der Waals surface area contributed by atoms with Crippen molar-refractivity contribution in [2.75, 3.05) is 12.4 Å². The molecule has 0 atom stereocenters. The highest BCUT2D eigenvalue weighted by Crippen LogP contribution is 2.37. The summed E-state index contributed by atoms with van der Waals surface area (Å²) in [5.41, 5.74) is 1.31. The van der Waals surface area contributed by atoms with E-state index in [1.807, 2.05) is 0 Å². The smallest absolute Gasteiger partial charge is 0.255 e. The number of ether oxygens (including phenoxy) is 2. The standard InChI is InChI=1S/C18H13ClFNO3/c1-23-16-9-13(19)8-12-7-11(5-6-24-17(12)16)18(22)21-15-4-2-3-14(20)10-15/h2-10H,1H3,(H,21,22). The van der Waals surface area contributed by atoms with Gasteiger partial charge in [0.2, 0.25) is 0 Å².